The van der Waals surface area contributed by atoms with Crippen molar-refractivity contribution in [3.63, 3.8) is 0 Å². The molecule has 3 aromatic carbocycles. The zero-order valence-corrected chi connectivity index (χ0v) is 14.6. The number of pyridine rings is 1. The van der Waals surface area contributed by atoms with Crippen LogP contribution in [0.25, 0.3) is 21.7 Å². The maximum absolute atomic E-state index is 13.0. The fourth-order valence-electron chi connectivity index (χ4n) is 2.88. The van der Waals surface area contributed by atoms with E-state index in [2.05, 4.69) is 9.71 Å². The van der Waals surface area contributed by atoms with Crippen LogP contribution in [0.4, 0.5) is 5.69 Å². The molecule has 0 spiro atoms. The van der Waals surface area contributed by atoms with Gasteiger partial charge in [-0.3, -0.25) is 9.71 Å². The van der Waals surface area contributed by atoms with Gasteiger partial charge in [-0.15, -0.1) is 0 Å². The Morgan fingerprint density at radius 3 is 2.48 bits per heavy atom. The van der Waals surface area contributed by atoms with Crippen molar-refractivity contribution in [3.05, 3.63) is 77.9 Å². The van der Waals surface area contributed by atoms with Crippen molar-refractivity contribution >= 4 is 49.0 Å². The van der Waals surface area contributed by atoms with Crippen LogP contribution in [-0.4, -0.2) is 13.4 Å². The molecule has 0 saturated carbocycles. The van der Waals surface area contributed by atoms with Crippen LogP contribution in [0.5, 0.6) is 0 Å². The summed E-state index contributed by atoms with van der Waals surface area (Å²) in [6, 6.07) is 19.3. The Hall–Kier alpha value is -2.63. The zero-order chi connectivity index (χ0) is 17.4. The minimum Gasteiger partial charge on any atom is -0.279 e. The quantitative estimate of drug-likeness (QED) is 0.562. The first-order valence-corrected chi connectivity index (χ1v) is 9.46. The van der Waals surface area contributed by atoms with E-state index >= 15 is 0 Å². The van der Waals surface area contributed by atoms with Gasteiger partial charge in [0.05, 0.1) is 16.1 Å². The summed E-state index contributed by atoms with van der Waals surface area (Å²) in [6.45, 7) is 0. The molecule has 0 atom stereocenters. The lowest BCUT2D eigenvalue weighted by atomic mass is 10.1. The number of aromatic nitrogens is 1. The Morgan fingerprint density at radius 1 is 0.880 bits per heavy atom. The molecular formula is C19H13ClN2O2S. The number of sulfonamides is 1. The van der Waals surface area contributed by atoms with E-state index in [0.717, 1.165) is 16.3 Å². The summed E-state index contributed by atoms with van der Waals surface area (Å²) in [6.07, 6.45) is 1.67. The number of nitrogens with zero attached hydrogens (tertiary/aromatic N) is 1. The molecule has 124 valence electrons. The maximum atomic E-state index is 13.0. The van der Waals surface area contributed by atoms with E-state index in [1.165, 1.54) is 0 Å². The maximum Gasteiger partial charge on any atom is 0.262 e. The summed E-state index contributed by atoms with van der Waals surface area (Å²) in [4.78, 5) is 4.40. The van der Waals surface area contributed by atoms with Gasteiger partial charge in [-0.2, -0.15) is 0 Å². The molecule has 0 radical (unpaired) electrons. The van der Waals surface area contributed by atoms with Crippen LogP contribution in [-0.2, 0) is 10.0 Å². The highest BCUT2D eigenvalue weighted by molar-refractivity contribution is 7.93. The summed E-state index contributed by atoms with van der Waals surface area (Å²) in [5.74, 6) is 0. The summed E-state index contributed by atoms with van der Waals surface area (Å²) in [7, 11) is -3.82. The third-order valence-electron chi connectivity index (χ3n) is 4.00. The second-order valence-corrected chi connectivity index (χ2v) is 7.63. The molecule has 1 N–H and O–H groups in total. The van der Waals surface area contributed by atoms with Gasteiger partial charge in [-0.1, -0.05) is 41.9 Å². The first kappa shape index (κ1) is 15.9. The molecule has 0 bridgehead atoms. The molecule has 0 saturated heterocycles. The van der Waals surface area contributed by atoms with Gasteiger partial charge in [0.1, 0.15) is 0 Å². The number of hydrogen-bond acceptors (Lipinski definition) is 3. The molecular weight excluding hydrogens is 356 g/mol. The number of hydrogen-bond donors (Lipinski definition) is 1. The first-order valence-electron chi connectivity index (χ1n) is 7.60. The molecule has 4 aromatic rings. The molecule has 1 aromatic heterocycles. The van der Waals surface area contributed by atoms with Crippen molar-refractivity contribution < 1.29 is 8.42 Å². The van der Waals surface area contributed by atoms with Crippen molar-refractivity contribution in [2.45, 2.75) is 4.90 Å². The van der Waals surface area contributed by atoms with Gasteiger partial charge in [-0.05, 0) is 41.8 Å². The van der Waals surface area contributed by atoms with E-state index in [-0.39, 0.29) is 4.90 Å². The highest BCUT2D eigenvalue weighted by Crippen LogP contribution is 2.32. The highest BCUT2D eigenvalue weighted by atomic mass is 35.5. The van der Waals surface area contributed by atoms with Crippen molar-refractivity contribution in [2.24, 2.45) is 0 Å². The van der Waals surface area contributed by atoms with Crippen molar-refractivity contribution in [2.75, 3.05) is 4.72 Å². The van der Waals surface area contributed by atoms with E-state index in [4.69, 9.17) is 11.6 Å². The molecule has 0 unspecified atom stereocenters. The summed E-state index contributed by atoms with van der Waals surface area (Å²) in [5, 5.41) is 2.42. The van der Waals surface area contributed by atoms with Crippen LogP contribution < -0.4 is 4.72 Å². The number of halogens is 1. The Labute approximate surface area is 150 Å². The van der Waals surface area contributed by atoms with Crippen molar-refractivity contribution in [1.29, 1.82) is 0 Å². The lowest BCUT2D eigenvalue weighted by molar-refractivity contribution is 0.602. The zero-order valence-electron chi connectivity index (χ0n) is 13.0. The topological polar surface area (TPSA) is 59.1 Å². The fourth-order valence-corrected chi connectivity index (χ4v) is 4.55. The van der Waals surface area contributed by atoms with E-state index < -0.39 is 10.0 Å². The van der Waals surface area contributed by atoms with E-state index in [1.54, 1.807) is 48.7 Å². The molecule has 4 rings (SSSR count). The van der Waals surface area contributed by atoms with Gasteiger partial charge in [0.2, 0.25) is 0 Å². The number of fused-ring (bicyclic) bond motifs is 2. The summed E-state index contributed by atoms with van der Waals surface area (Å²) >= 11 is 6.26. The molecule has 0 aliphatic heterocycles. The van der Waals surface area contributed by atoms with Crippen LogP contribution in [0.1, 0.15) is 0 Å². The van der Waals surface area contributed by atoms with Gasteiger partial charge in [0, 0.05) is 22.0 Å². The predicted octanol–water partition coefficient (Wildman–Crippen LogP) is 4.84. The average Bonchev–Trinajstić information content (AvgIpc) is 2.62. The molecule has 4 nitrogen and oxygen atoms in total. The van der Waals surface area contributed by atoms with Crippen molar-refractivity contribution in [1.82, 2.24) is 4.98 Å². The molecule has 0 aliphatic rings. The van der Waals surface area contributed by atoms with Crippen LogP contribution >= 0.6 is 11.6 Å². The third-order valence-corrected chi connectivity index (χ3v) is 5.72. The number of anilines is 1. The van der Waals surface area contributed by atoms with E-state index in [9.17, 15) is 8.42 Å². The van der Waals surface area contributed by atoms with Gasteiger partial charge < -0.3 is 0 Å². The summed E-state index contributed by atoms with van der Waals surface area (Å²) < 4.78 is 28.7. The summed E-state index contributed by atoms with van der Waals surface area (Å²) in [5.41, 5.74) is 1.20. The van der Waals surface area contributed by atoms with Gasteiger partial charge in [0.15, 0.2) is 0 Å². The van der Waals surface area contributed by atoms with Crippen LogP contribution in [0.3, 0.4) is 0 Å². The highest BCUT2D eigenvalue weighted by Gasteiger charge is 2.20. The SMILES string of the molecule is O=S(=O)(Nc1cccc2ncccc12)c1cccc2cccc(Cl)c12. The first-order chi connectivity index (χ1) is 12.1. The number of benzene rings is 3. The Balaban J connectivity index is 1.89. The lowest BCUT2D eigenvalue weighted by Gasteiger charge is -2.13. The van der Waals surface area contributed by atoms with Gasteiger partial charge >= 0.3 is 0 Å². The minimum atomic E-state index is -3.82. The Bertz CT molecular complexity index is 1200. The second-order valence-electron chi connectivity index (χ2n) is 5.58. The molecule has 0 aliphatic carbocycles. The standard InChI is InChI=1S/C19H13ClN2O2S/c20-15-8-1-5-13-6-2-11-18(19(13)15)25(23,24)22-17-10-3-9-16-14(17)7-4-12-21-16/h1-12,22H. The van der Waals surface area contributed by atoms with E-state index in [0.29, 0.717) is 16.1 Å². The van der Waals surface area contributed by atoms with Gasteiger partial charge in [-0.25, -0.2) is 8.42 Å². The third kappa shape index (κ3) is 2.81. The minimum absolute atomic E-state index is 0.150. The van der Waals surface area contributed by atoms with Crippen molar-refractivity contribution in [3.8, 4) is 0 Å². The molecule has 1 heterocycles. The fraction of sp³-hybridized carbons (Fsp3) is 0. The molecule has 0 fully saturated rings. The number of rotatable bonds is 3. The largest absolute Gasteiger partial charge is 0.279 e. The molecule has 6 heteroatoms. The van der Waals surface area contributed by atoms with Crippen LogP contribution in [0.2, 0.25) is 5.02 Å². The molecule has 25 heavy (non-hydrogen) atoms. The van der Waals surface area contributed by atoms with Crippen LogP contribution in [0.15, 0.2) is 77.8 Å². The average molecular weight is 369 g/mol. The van der Waals surface area contributed by atoms with Gasteiger partial charge in [0.25, 0.3) is 10.0 Å². The lowest BCUT2D eigenvalue weighted by Crippen LogP contribution is -2.13. The number of nitrogens with one attached hydrogen (secondary N) is 1. The van der Waals surface area contributed by atoms with Crippen LogP contribution in [0, 0.1) is 0 Å². The second kappa shape index (κ2) is 6.02. The smallest absolute Gasteiger partial charge is 0.262 e. The van der Waals surface area contributed by atoms with E-state index in [1.807, 2.05) is 24.3 Å². The molecule has 0 amide bonds. The Kier molecular flexibility index (Phi) is 3.82. The normalized spacial score (nSPS) is 11.7. The monoisotopic (exact) mass is 368 g/mol. The predicted molar refractivity (Wildman–Crippen MR) is 102 cm³/mol. The Morgan fingerprint density at radius 2 is 1.64 bits per heavy atom.